The number of nitrogens with zero attached hydrogens (tertiary/aromatic N) is 2. The lowest BCUT2D eigenvalue weighted by Gasteiger charge is -2.36. The standard InChI is InChI=1S/C25H21N3O5/c1-15(29)27-21-9-3-2-8-19(21)26-20-13-17(23-10-5-11-33-23)14-22(30)24(20)25(27)16-6-4-7-18(12-16)28(31)32/h2-13,17,24-26H,14H2,1H3. The molecule has 0 bridgehead atoms. The predicted octanol–water partition coefficient (Wildman–Crippen LogP) is 4.96. The maximum Gasteiger partial charge on any atom is 0.269 e. The van der Waals surface area contributed by atoms with Crippen LogP contribution >= 0.6 is 0 Å². The molecular formula is C25H21N3O5. The molecule has 5 rings (SSSR count). The molecule has 33 heavy (non-hydrogen) atoms. The van der Waals surface area contributed by atoms with Crippen LogP contribution in [0.2, 0.25) is 0 Å². The number of anilines is 2. The van der Waals surface area contributed by atoms with Gasteiger partial charge in [0.15, 0.2) is 0 Å². The number of allylic oxidation sites excluding steroid dienone is 1. The molecule has 0 radical (unpaired) electrons. The van der Waals surface area contributed by atoms with Crippen molar-refractivity contribution in [1.82, 2.24) is 0 Å². The van der Waals surface area contributed by atoms with Crippen LogP contribution < -0.4 is 10.2 Å². The van der Waals surface area contributed by atoms with E-state index < -0.39 is 16.9 Å². The number of nitrogens with one attached hydrogen (secondary N) is 1. The fourth-order valence-corrected chi connectivity index (χ4v) is 4.82. The molecule has 8 nitrogen and oxygen atoms in total. The third-order valence-corrected chi connectivity index (χ3v) is 6.19. The van der Waals surface area contributed by atoms with Crippen molar-refractivity contribution in [3.05, 3.63) is 100 Å². The first-order valence-corrected chi connectivity index (χ1v) is 10.6. The Labute approximate surface area is 189 Å². The molecule has 1 aromatic heterocycles. The highest BCUT2D eigenvalue weighted by atomic mass is 16.6. The summed E-state index contributed by atoms with van der Waals surface area (Å²) in [5.74, 6) is -0.605. The van der Waals surface area contributed by atoms with Crippen molar-refractivity contribution >= 4 is 28.8 Å². The second-order valence-corrected chi connectivity index (χ2v) is 8.22. The van der Waals surface area contributed by atoms with Gasteiger partial charge in [0, 0.05) is 37.1 Å². The zero-order valence-electron chi connectivity index (χ0n) is 17.8. The van der Waals surface area contributed by atoms with Gasteiger partial charge in [-0.1, -0.05) is 30.3 Å². The fourth-order valence-electron chi connectivity index (χ4n) is 4.82. The average Bonchev–Trinajstić information content (AvgIpc) is 3.28. The largest absolute Gasteiger partial charge is 0.469 e. The number of ketones is 1. The van der Waals surface area contributed by atoms with Gasteiger partial charge < -0.3 is 14.6 Å². The molecule has 2 aromatic carbocycles. The van der Waals surface area contributed by atoms with Crippen molar-refractivity contribution in [2.45, 2.75) is 25.3 Å². The van der Waals surface area contributed by atoms with E-state index in [4.69, 9.17) is 4.42 Å². The highest BCUT2D eigenvalue weighted by molar-refractivity contribution is 6.00. The zero-order valence-corrected chi connectivity index (χ0v) is 17.8. The first kappa shape index (κ1) is 20.7. The van der Waals surface area contributed by atoms with E-state index in [1.807, 2.05) is 30.3 Å². The first-order chi connectivity index (χ1) is 15.9. The third kappa shape index (κ3) is 3.59. The number of hydrogen-bond acceptors (Lipinski definition) is 6. The number of benzene rings is 2. The van der Waals surface area contributed by atoms with Crippen LogP contribution in [0.25, 0.3) is 0 Å². The van der Waals surface area contributed by atoms with E-state index in [9.17, 15) is 19.7 Å². The minimum absolute atomic E-state index is 0.0723. The Kier molecular flexibility index (Phi) is 5.05. The Morgan fingerprint density at radius 3 is 2.70 bits per heavy atom. The van der Waals surface area contributed by atoms with E-state index in [1.165, 1.54) is 19.1 Å². The highest BCUT2D eigenvalue weighted by Gasteiger charge is 2.45. The molecule has 2 heterocycles. The summed E-state index contributed by atoms with van der Waals surface area (Å²) in [4.78, 5) is 39.1. The quantitative estimate of drug-likeness (QED) is 0.453. The summed E-state index contributed by atoms with van der Waals surface area (Å²) in [5, 5.41) is 14.8. The smallest absolute Gasteiger partial charge is 0.269 e. The Morgan fingerprint density at radius 1 is 1.15 bits per heavy atom. The fraction of sp³-hybridized carbons (Fsp3) is 0.200. The Morgan fingerprint density at radius 2 is 1.97 bits per heavy atom. The summed E-state index contributed by atoms with van der Waals surface area (Å²) in [7, 11) is 0. The SMILES string of the molecule is CC(=O)N1c2ccccc2NC2=CC(c3ccco3)CC(=O)C2C1c1cccc([N+](=O)[O-])c1. The van der Waals surface area contributed by atoms with Gasteiger partial charge in [0.2, 0.25) is 5.91 Å². The van der Waals surface area contributed by atoms with E-state index in [2.05, 4.69) is 5.32 Å². The number of amides is 1. The van der Waals surface area contributed by atoms with Crippen molar-refractivity contribution in [2.75, 3.05) is 10.2 Å². The molecule has 0 saturated carbocycles. The second kappa shape index (κ2) is 8.05. The molecule has 1 N–H and O–H groups in total. The number of fused-ring (bicyclic) bond motifs is 2. The summed E-state index contributed by atoms with van der Waals surface area (Å²) in [6.07, 6.45) is 3.75. The number of nitro benzene ring substituents is 1. The van der Waals surface area contributed by atoms with Gasteiger partial charge in [-0.2, -0.15) is 0 Å². The van der Waals surface area contributed by atoms with Gasteiger partial charge in [-0.3, -0.25) is 19.7 Å². The van der Waals surface area contributed by atoms with Crippen LogP contribution in [-0.2, 0) is 9.59 Å². The van der Waals surface area contributed by atoms with Crippen molar-refractivity contribution in [3.63, 3.8) is 0 Å². The van der Waals surface area contributed by atoms with E-state index >= 15 is 0 Å². The lowest BCUT2D eigenvalue weighted by molar-refractivity contribution is -0.384. The summed E-state index contributed by atoms with van der Waals surface area (Å²) in [6, 6.07) is 16.3. The minimum Gasteiger partial charge on any atom is -0.469 e. The summed E-state index contributed by atoms with van der Waals surface area (Å²) >= 11 is 0. The Bertz CT molecular complexity index is 1280. The minimum atomic E-state index is -0.741. The van der Waals surface area contributed by atoms with Gasteiger partial charge in [-0.15, -0.1) is 0 Å². The number of Topliss-reactive ketones (excluding diaryl/α,β-unsaturated/α-hetero) is 1. The molecule has 166 valence electrons. The Balaban J connectivity index is 1.73. The van der Waals surface area contributed by atoms with Gasteiger partial charge in [-0.05, 0) is 29.8 Å². The number of carbonyl (C=O) groups excluding carboxylic acids is 2. The molecular weight excluding hydrogens is 422 g/mol. The van der Waals surface area contributed by atoms with Crippen LogP contribution in [-0.4, -0.2) is 16.6 Å². The van der Waals surface area contributed by atoms with Crippen molar-refractivity contribution in [1.29, 1.82) is 0 Å². The van der Waals surface area contributed by atoms with Crippen LogP contribution in [0.15, 0.2) is 83.1 Å². The number of nitro groups is 1. The first-order valence-electron chi connectivity index (χ1n) is 10.6. The van der Waals surface area contributed by atoms with E-state index in [-0.39, 0.29) is 29.7 Å². The predicted molar refractivity (Wildman–Crippen MR) is 122 cm³/mol. The molecule has 1 aliphatic carbocycles. The summed E-state index contributed by atoms with van der Waals surface area (Å²) < 4.78 is 5.55. The molecule has 1 amide bonds. The topological polar surface area (TPSA) is 106 Å². The molecule has 0 saturated heterocycles. The van der Waals surface area contributed by atoms with Gasteiger partial charge in [0.25, 0.3) is 5.69 Å². The molecule has 8 heteroatoms. The summed E-state index contributed by atoms with van der Waals surface area (Å²) in [5.41, 5.74) is 2.38. The molecule has 3 unspecified atom stereocenters. The lowest BCUT2D eigenvalue weighted by Crippen LogP contribution is -2.41. The molecule has 3 aromatic rings. The van der Waals surface area contributed by atoms with Crippen LogP contribution in [0.5, 0.6) is 0 Å². The Hall–Kier alpha value is -4.20. The maximum atomic E-state index is 13.6. The zero-order chi connectivity index (χ0) is 23.1. The van der Waals surface area contributed by atoms with Crippen LogP contribution in [0.3, 0.4) is 0 Å². The average molecular weight is 443 g/mol. The third-order valence-electron chi connectivity index (χ3n) is 6.19. The van der Waals surface area contributed by atoms with Gasteiger partial charge >= 0.3 is 0 Å². The molecule has 1 aliphatic heterocycles. The maximum absolute atomic E-state index is 13.6. The number of furan rings is 1. The van der Waals surface area contributed by atoms with Crippen molar-refractivity contribution in [3.8, 4) is 0 Å². The van der Waals surface area contributed by atoms with E-state index in [1.54, 1.807) is 35.4 Å². The van der Waals surface area contributed by atoms with Gasteiger partial charge in [0.05, 0.1) is 34.5 Å². The van der Waals surface area contributed by atoms with Crippen molar-refractivity contribution in [2.24, 2.45) is 5.92 Å². The number of rotatable bonds is 3. The molecule has 0 fully saturated rings. The number of para-hydroxylation sites is 2. The molecule has 0 spiro atoms. The van der Waals surface area contributed by atoms with Crippen LogP contribution in [0.4, 0.5) is 17.1 Å². The monoisotopic (exact) mass is 443 g/mol. The van der Waals surface area contributed by atoms with Gasteiger partial charge in [-0.25, -0.2) is 0 Å². The van der Waals surface area contributed by atoms with E-state index in [0.717, 1.165) is 0 Å². The number of hydrogen-bond donors (Lipinski definition) is 1. The highest BCUT2D eigenvalue weighted by Crippen LogP contribution is 2.48. The van der Waals surface area contributed by atoms with Crippen LogP contribution in [0.1, 0.15) is 36.6 Å². The number of carbonyl (C=O) groups is 2. The lowest BCUT2D eigenvalue weighted by atomic mass is 9.77. The normalized spacial score (nSPS) is 21.8. The molecule has 2 aliphatic rings. The number of non-ortho nitro benzene ring substituents is 1. The summed E-state index contributed by atoms with van der Waals surface area (Å²) in [6.45, 7) is 1.44. The molecule has 3 atom stereocenters. The van der Waals surface area contributed by atoms with Crippen LogP contribution in [0, 0.1) is 16.0 Å². The van der Waals surface area contributed by atoms with Crippen molar-refractivity contribution < 1.29 is 18.9 Å². The van der Waals surface area contributed by atoms with Gasteiger partial charge in [0.1, 0.15) is 11.5 Å². The second-order valence-electron chi connectivity index (χ2n) is 8.22. The van der Waals surface area contributed by atoms with E-state index in [0.29, 0.717) is 28.4 Å².